The summed E-state index contributed by atoms with van der Waals surface area (Å²) >= 11 is 0. The molecule has 0 saturated heterocycles. The Labute approximate surface area is 117 Å². The van der Waals surface area contributed by atoms with Gasteiger partial charge in [-0.3, -0.25) is 0 Å². The van der Waals surface area contributed by atoms with Crippen molar-refractivity contribution in [1.29, 1.82) is 0 Å². The molecule has 0 radical (unpaired) electrons. The molecule has 0 amide bonds. The highest BCUT2D eigenvalue weighted by atomic mass is 16.5. The van der Waals surface area contributed by atoms with Gasteiger partial charge in [0, 0.05) is 18.7 Å². The van der Waals surface area contributed by atoms with Crippen molar-refractivity contribution in [3.8, 4) is 0 Å². The summed E-state index contributed by atoms with van der Waals surface area (Å²) in [6.45, 7) is 9.87. The van der Waals surface area contributed by atoms with Crippen molar-refractivity contribution in [1.82, 2.24) is 5.32 Å². The second kappa shape index (κ2) is 10.0. The largest absolute Gasteiger partial charge is 0.467 e. The third-order valence-electron chi connectivity index (χ3n) is 3.43. The van der Waals surface area contributed by atoms with Crippen LogP contribution < -0.4 is 5.32 Å². The highest BCUT2D eigenvalue weighted by Gasteiger charge is 2.07. The van der Waals surface area contributed by atoms with E-state index in [1.54, 1.807) is 0 Å². The minimum Gasteiger partial charge on any atom is -0.467 e. The Morgan fingerprint density at radius 2 is 2.16 bits per heavy atom. The number of ether oxygens (including phenoxy) is 1. The van der Waals surface area contributed by atoms with Gasteiger partial charge in [0.15, 0.2) is 0 Å². The zero-order valence-electron chi connectivity index (χ0n) is 12.7. The van der Waals surface area contributed by atoms with Crippen LogP contribution in [0.2, 0.25) is 0 Å². The molecule has 0 saturated carbocycles. The number of unbranched alkanes of at least 4 members (excludes halogenated alkanes) is 1. The summed E-state index contributed by atoms with van der Waals surface area (Å²) in [6.07, 6.45) is 6.86. The highest BCUT2D eigenvalue weighted by Crippen LogP contribution is 2.15. The Balaban J connectivity index is 2.22. The van der Waals surface area contributed by atoms with Crippen LogP contribution in [0, 0.1) is 5.92 Å². The molecule has 1 N–H and O–H groups in total. The van der Waals surface area contributed by atoms with Gasteiger partial charge in [-0.15, -0.1) is 0 Å². The summed E-state index contributed by atoms with van der Waals surface area (Å²) in [6, 6.07) is 2.08. The molecular weight excluding hydrogens is 238 g/mol. The lowest BCUT2D eigenvalue weighted by Crippen LogP contribution is -2.10. The van der Waals surface area contributed by atoms with E-state index in [1.165, 1.54) is 31.2 Å². The van der Waals surface area contributed by atoms with Crippen LogP contribution in [-0.4, -0.2) is 13.2 Å². The van der Waals surface area contributed by atoms with Gasteiger partial charge in [0.1, 0.15) is 12.4 Å². The maximum absolute atomic E-state index is 5.77. The van der Waals surface area contributed by atoms with Gasteiger partial charge in [-0.25, -0.2) is 0 Å². The molecule has 0 aliphatic rings. The maximum Gasteiger partial charge on any atom is 0.129 e. The molecule has 0 aromatic carbocycles. The molecular formula is C16H29NO2. The first-order valence-electron chi connectivity index (χ1n) is 7.64. The normalized spacial score (nSPS) is 12.8. The van der Waals surface area contributed by atoms with Crippen molar-refractivity contribution in [2.45, 2.75) is 59.6 Å². The van der Waals surface area contributed by atoms with E-state index in [9.17, 15) is 0 Å². The fourth-order valence-electron chi connectivity index (χ4n) is 2.09. The topological polar surface area (TPSA) is 34.4 Å². The Bertz CT molecular complexity index is 322. The first-order valence-corrected chi connectivity index (χ1v) is 7.64. The van der Waals surface area contributed by atoms with E-state index in [0.717, 1.165) is 25.5 Å². The summed E-state index contributed by atoms with van der Waals surface area (Å²) < 4.78 is 11.3. The van der Waals surface area contributed by atoms with Gasteiger partial charge in [0.05, 0.1) is 6.26 Å². The average molecular weight is 267 g/mol. The smallest absolute Gasteiger partial charge is 0.129 e. The molecule has 1 aromatic rings. The van der Waals surface area contributed by atoms with E-state index in [-0.39, 0.29) is 0 Å². The number of nitrogens with one attached hydrogen (secondary N) is 1. The van der Waals surface area contributed by atoms with E-state index in [4.69, 9.17) is 9.15 Å². The minimum atomic E-state index is 0.592. The van der Waals surface area contributed by atoms with Crippen LogP contribution >= 0.6 is 0 Å². The van der Waals surface area contributed by atoms with Crippen LogP contribution in [0.15, 0.2) is 16.7 Å². The lowest BCUT2D eigenvalue weighted by molar-refractivity contribution is 0.0709. The zero-order chi connectivity index (χ0) is 13.9. The van der Waals surface area contributed by atoms with E-state index in [1.807, 2.05) is 6.26 Å². The second-order valence-corrected chi connectivity index (χ2v) is 5.13. The number of rotatable bonds is 11. The predicted octanol–water partition coefficient (Wildman–Crippen LogP) is 4.12. The third kappa shape index (κ3) is 6.79. The van der Waals surface area contributed by atoms with E-state index in [0.29, 0.717) is 12.5 Å². The van der Waals surface area contributed by atoms with Crippen molar-refractivity contribution in [2.24, 2.45) is 5.92 Å². The predicted molar refractivity (Wildman–Crippen MR) is 79.1 cm³/mol. The quantitative estimate of drug-likeness (QED) is 0.655. The molecule has 3 nitrogen and oxygen atoms in total. The van der Waals surface area contributed by atoms with Crippen LogP contribution in [0.25, 0.3) is 0 Å². The highest BCUT2D eigenvalue weighted by molar-refractivity contribution is 5.11. The van der Waals surface area contributed by atoms with Crippen molar-refractivity contribution >= 4 is 0 Å². The van der Waals surface area contributed by atoms with Crippen molar-refractivity contribution < 1.29 is 9.15 Å². The molecule has 19 heavy (non-hydrogen) atoms. The molecule has 0 fully saturated rings. The summed E-state index contributed by atoms with van der Waals surface area (Å²) in [5.41, 5.74) is 1.19. The molecule has 110 valence electrons. The number of furan rings is 1. The lowest BCUT2D eigenvalue weighted by Gasteiger charge is -2.13. The van der Waals surface area contributed by atoms with Crippen LogP contribution in [-0.2, 0) is 17.9 Å². The molecule has 1 rings (SSSR count). The molecule has 0 aliphatic carbocycles. The Hall–Kier alpha value is -0.800. The van der Waals surface area contributed by atoms with Gasteiger partial charge in [-0.2, -0.15) is 0 Å². The van der Waals surface area contributed by atoms with Crippen LogP contribution in [0.4, 0.5) is 0 Å². The Kier molecular flexibility index (Phi) is 8.59. The van der Waals surface area contributed by atoms with E-state index >= 15 is 0 Å². The Morgan fingerprint density at radius 1 is 1.32 bits per heavy atom. The van der Waals surface area contributed by atoms with E-state index < -0.39 is 0 Å². The minimum absolute atomic E-state index is 0.592. The summed E-state index contributed by atoms with van der Waals surface area (Å²) in [7, 11) is 0. The van der Waals surface area contributed by atoms with Gasteiger partial charge < -0.3 is 14.5 Å². The second-order valence-electron chi connectivity index (χ2n) is 5.13. The van der Waals surface area contributed by atoms with Gasteiger partial charge in [-0.1, -0.05) is 40.0 Å². The summed E-state index contributed by atoms with van der Waals surface area (Å²) in [5, 5.41) is 3.28. The van der Waals surface area contributed by atoms with Gasteiger partial charge in [0.2, 0.25) is 0 Å². The van der Waals surface area contributed by atoms with Crippen LogP contribution in [0.5, 0.6) is 0 Å². The molecule has 0 aliphatic heterocycles. The van der Waals surface area contributed by atoms with Crippen molar-refractivity contribution in [3.05, 3.63) is 23.7 Å². The fourth-order valence-corrected chi connectivity index (χ4v) is 2.09. The molecule has 1 atom stereocenters. The van der Waals surface area contributed by atoms with Gasteiger partial charge in [-0.05, 0) is 24.9 Å². The Morgan fingerprint density at radius 3 is 2.84 bits per heavy atom. The first-order chi connectivity index (χ1) is 9.30. The van der Waals surface area contributed by atoms with Crippen molar-refractivity contribution in [3.63, 3.8) is 0 Å². The first kappa shape index (κ1) is 16.3. The molecule has 1 unspecified atom stereocenters. The standard InChI is InChI=1S/C16H29NO2/c1-4-7-8-14(5-2)11-18-13-16-9-15(12-19-16)10-17-6-3/h9,12,14,17H,4-8,10-11,13H2,1-3H3. The van der Waals surface area contributed by atoms with Crippen LogP contribution in [0.1, 0.15) is 57.8 Å². The molecule has 3 heteroatoms. The van der Waals surface area contributed by atoms with Crippen LogP contribution in [0.3, 0.4) is 0 Å². The average Bonchev–Trinajstić information content (AvgIpc) is 2.88. The van der Waals surface area contributed by atoms with Gasteiger partial charge in [0.25, 0.3) is 0 Å². The van der Waals surface area contributed by atoms with E-state index in [2.05, 4.69) is 32.2 Å². The number of hydrogen-bond donors (Lipinski definition) is 1. The monoisotopic (exact) mass is 267 g/mol. The SMILES string of the molecule is CCCCC(CC)COCc1cc(CNCC)co1. The summed E-state index contributed by atoms with van der Waals surface area (Å²) in [4.78, 5) is 0. The lowest BCUT2D eigenvalue weighted by atomic mass is 10.0. The fraction of sp³-hybridized carbons (Fsp3) is 0.750. The molecule has 1 aromatic heterocycles. The number of hydrogen-bond acceptors (Lipinski definition) is 3. The molecule has 0 bridgehead atoms. The van der Waals surface area contributed by atoms with Gasteiger partial charge >= 0.3 is 0 Å². The third-order valence-corrected chi connectivity index (χ3v) is 3.43. The summed E-state index contributed by atoms with van der Waals surface area (Å²) in [5.74, 6) is 1.62. The zero-order valence-corrected chi connectivity index (χ0v) is 12.7. The molecule has 1 heterocycles. The maximum atomic E-state index is 5.77. The van der Waals surface area contributed by atoms with Crippen molar-refractivity contribution in [2.75, 3.05) is 13.2 Å². The molecule has 0 spiro atoms.